The standard InChI is InChI=1S/C23H41NO3/c1-3-5-6-7-8-9-10-11-12-13-14-15-16-17-18-24-20(4-2)23(27)21(25)19-22(24)26/h19,25,27H,3-18H2,1-2H3. The average Bonchev–Trinajstić information content (AvgIpc) is 2.66. The molecule has 1 aromatic heterocycles. The zero-order valence-corrected chi connectivity index (χ0v) is 17.6. The van der Waals surface area contributed by atoms with Gasteiger partial charge in [0.15, 0.2) is 11.5 Å². The molecule has 0 amide bonds. The van der Waals surface area contributed by atoms with Gasteiger partial charge in [0.1, 0.15) is 0 Å². The quantitative estimate of drug-likeness (QED) is 0.331. The molecule has 0 fully saturated rings. The van der Waals surface area contributed by atoms with Crippen molar-refractivity contribution in [2.75, 3.05) is 0 Å². The maximum Gasteiger partial charge on any atom is 0.254 e. The van der Waals surface area contributed by atoms with Crippen molar-refractivity contribution in [2.24, 2.45) is 0 Å². The molecule has 1 aromatic rings. The highest BCUT2D eigenvalue weighted by Crippen LogP contribution is 2.27. The van der Waals surface area contributed by atoms with Crippen LogP contribution in [0.3, 0.4) is 0 Å². The molecule has 0 bridgehead atoms. The summed E-state index contributed by atoms with van der Waals surface area (Å²) in [5, 5.41) is 19.5. The zero-order valence-electron chi connectivity index (χ0n) is 17.6. The molecule has 4 nitrogen and oxygen atoms in total. The highest BCUT2D eigenvalue weighted by Gasteiger charge is 2.12. The van der Waals surface area contributed by atoms with Crippen LogP contribution in [0.15, 0.2) is 10.9 Å². The van der Waals surface area contributed by atoms with Crippen LogP contribution in [0.2, 0.25) is 0 Å². The number of hydrogen-bond acceptors (Lipinski definition) is 3. The third kappa shape index (κ3) is 9.34. The van der Waals surface area contributed by atoms with Crippen LogP contribution < -0.4 is 5.56 Å². The zero-order chi connectivity index (χ0) is 19.9. The van der Waals surface area contributed by atoms with Crippen molar-refractivity contribution < 1.29 is 10.2 Å². The molecule has 1 rings (SSSR count). The van der Waals surface area contributed by atoms with Gasteiger partial charge in [0.25, 0.3) is 5.56 Å². The molecular weight excluding hydrogens is 338 g/mol. The first kappa shape index (κ1) is 23.6. The number of unbranched alkanes of at least 4 members (excludes halogenated alkanes) is 13. The lowest BCUT2D eigenvalue weighted by Crippen LogP contribution is -2.22. The lowest BCUT2D eigenvalue weighted by Gasteiger charge is -2.13. The molecule has 0 aromatic carbocycles. The molecule has 2 N–H and O–H groups in total. The van der Waals surface area contributed by atoms with Crippen LogP contribution in [-0.2, 0) is 13.0 Å². The van der Waals surface area contributed by atoms with Crippen LogP contribution in [0.4, 0.5) is 0 Å². The first-order chi connectivity index (χ1) is 13.1. The van der Waals surface area contributed by atoms with E-state index in [0.29, 0.717) is 18.7 Å². The Bertz CT molecular complexity index is 565. The van der Waals surface area contributed by atoms with Gasteiger partial charge in [-0.3, -0.25) is 4.79 Å². The van der Waals surface area contributed by atoms with E-state index >= 15 is 0 Å². The van der Waals surface area contributed by atoms with Gasteiger partial charge in [-0.05, 0) is 12.8 Å². The Balaban J connectivity index is 2.05. The first-order valence-corrected chi connectivity index (χ1v) is 11.3. The molecule has 0 aliphatic carbocycles. The Hall–Kier alpha value is -1.45. The molecule has 0 saturated carbocycles. The molecule has 4 heteroatoms. The molecule has 0 aliphatic rings. The molecule has 0 spiro atoms. The SMILES string of the molecule is CCCCCCCCCCCCCCCCn1c(CC)c(O)c(O)cc1=O. The highest BCUT2D eigenvalue weighted by atomic mass is 16.3. The van der Waals surface area contributed by atoms with Crippen molar-refractivity contribution in [1.29, 1.82) is 0 Å². The van der Waals surface area contributed by atoms with Crippen LogP contribution in [0.25, 0.3) is 0 Å². The summed E-state index contributed by atoms with van der Waals surface area (Å²) in [6.45, 7) is 4.77. The molecule has 27 heavy (non-hydrogen) atoms. The molecule has 0 atom stereocenters. The van der Waals surface area contributed by atoms with E-state index in [1.807, 2.05) is 6.92 Å². The minimum atomic E-state index is -0.311. The van der Waals surface area contributed by atoms with Gasteiger partial charge >= 0.3 is 0 Å². The summed E-state index contributed by atoms with van der Waals surface area (Å²) in [7, 11) is 0. The summed E-state index contributed by atoms with van der Waals surface area (Å²) < 4.78 is 1.61. The van der Waals surface area contributed by atoms with Crippen molar-refractivity contribution >= 4 is 0 Å². The van der Waals surface area contributed by atoms with Gasteiger partial charge in [0, 0.05) is 12.6 Å². The number of rotatable bonds is 16. The molecule has 0 radical (unpaired) electrons. The summed E-state index contributed by atoms with van der Waals surface area (Å²) in [6.07, 6.45) is 18.8. The Labute approximate surface area is 165 Å². The van der Waals surface area contributed by atoms with E-state index in [9.17, 15) is 15.0 Å². The summed E-state index contributed by atoms with van der Waals surface area (Å²) in [5.41, 5.74) is 0.312. The topological polar surface area (TPSA) is 62.5 Å². The molecule has 0 unspecified atom stereocenters. The van der Waals surface area contributed by atoms with E-state index in [1.165, 1.54) is 77.0 Å². The van der Waals surface area contributed by atoms with Crippen molar-refractivity contribution in [3.05, 3.63) is 22.1 Å². The monoisotopic (exact) mass is 379 g/mol. The van der Waals surface area contributed by atoms with Crippen molar-refractivity contribution in [2.45, 2.75) is 117 Å². The van der Waals surface area contributed by atoms with Crippen LogP contribution in [-0.4, -0.2) is 14.8 Å². The van der Waals surface area contributed by atoms with Crippen LogP contribution >= 0.6 is 0 Å². The number of nitrogens with zero attached hydrogens (tertiary/aromatic N) is 1. The highest BCUT2D eigenvalue weighted by molar-refractivity contribution is 5.40. The Kier molecular flexibility index (Phi) is 12.7. The summed E-state index contributed by atoms with van der Waals surface area (Å²) >= 11 is 0. The van der Waals surface area contributed by atoms with Crippen LogP contribution in [0.5, 0.6) is 11.5 Å². The van der Waals surface area contributed by atoms with E-state index in [1.54, 1.807) is 4.57 Å². The van der Waals surface area contributed by atoms with Crippen LogP contribution in [0, 0.1) is 0 Å². The predicted molar refractivity (Wildman–Crippen MR) is 114 cm³/mol. The minimum Gasteiger partial charge on any atom is -0.504 e. The van der Waals surface area contributed by atoms with Crippen molar-refractivity contribution in [1.82, 2.24) is 4.57 Å². The van der Waals surface area contributed by atoms with Gasteiger partial charge in [-0.1, -0.05) is 97.3 Å². The summed E-state index contributed by atoms with van der Waals surface area (Å²) in [4.78, 5) is 12.0. The van der Waals surface area contributed by atoms with E-state index in [0.717, 1.165) is 18.9 Å². The molecule has 0 saturated heterocycles. The minimum absolute atomic E-state index is 0.150. The number of pyridine rings is 1. The van der Waals surface area contributed by atoms with E-state index in [-0.39, 0.29) is 17.1 Å². The van der Waals surface area contributed by atoms with Gasteiger partial charge in [0.05, 0.1) is 5.69 Å². The number of aromatic hydroxyl groups is 2. The van der Waals surface area contributed by atoms with Crippen LogP contribution in [0.1, 0.15) is 109 Å². The van der Waals surface area contributed by atoms with Gasteiger partial charge in [-0.2, -0.15) is 0 Å². The second-order valence-electron chi connectivity index (χ2n) is 7.76. The lowest BCUT2D eigenvalue weighted by atomic mass is 10.0. The molecule has 1 heterocycles. The average molecular weight is 380 g/mol. The second-order valence-corrected chi connectivity index (χ2v) is 7.76. The lowest BCUT2D eigenvalue weighted by molar-refractivity contribution is 0.386. The fourth-order valence-electron chi connectivity index (χ4n) is 3.74. The molecular formula is C23H41NO3. The van der Waals surface area contributed by atoms with Gasteiger partial charge in [-0.15, -0.1) is 0 Å². The third-order valence-electron chi connectivity index (χ3n) is 5.44. The largest absolute Gasteiger partial charge is 0.504 e. The Morgan fingerprint density at radius 3 is 1.63 bits per heavy atom. The third-order valence-corrected chi connectivity index (χ3v) is 5.44. The van der Waals surface area contributed by atoms with Gasteiger partial charge in [-0.25, -0.2) is 0 Å². The van der Waals surface area contributed by atoms with Crippen molar-refractivity contribution in [3.63, 3.8) is 0 Å². The predicted octanol–water partition coefficient (Wildman–Crippen LogP) is 6.30. The summed E-state index contributed by atoms with van der Waals surface area (Å²) in [5.74, 6) is -0.462. The van der Waals surface area contributed by atoms with E-state index < -0.39 is 0 Å². The smallest absolute Gasteiger partial charge is 0.254 e. The number of hydrogen-bond donors (Lipinski definition) is 2. The normalized spacial score (nSPS) is 11.2. The maximum atomic E-state index is 12.0. The maximum absolute atomic E-state index is 12.0. The van der Waals surface area contributed by atoms with E-state index in [2.05, 4.69) is 6.92 Å². The fraction of sp³-hybridized carbons (Fsp3) is 0.783. The Morgan fingerprint density at radius 2 is 1.19 bits per heavy atom. The van der Waals surface area contributed by atoms with Gasteiger partial charge in [0.2, 0.25) is 0 Å². The molecule has 0 aliphatic heterocycles. The fourth-order valence-corrected chi connectivity index (χ4v) is 3.74. The Morgan fingerprint density at radius 1 is 0.741 bits per heavy atom. The second kappa shape index (κ2) is 14.6. The number of aromatic nitrogens is 1. The van der Waals surface area contributed by atoms with Crippen molar-refractivity contribution in [3.8, 4) is 11.5 Å². The molecule has 156 valence electrons. The summed E-state index contributed by atoms with van der Waals surface area (Å²) in [6, 6.07) is 1.11. The first-order valence-electron chi connectivity index (χ1n) is 11.3. The van der Waals surface area contributed by atoms with Gasteiger partial charge < -0.3 is 14.8 Å². The van der Waals surface area contributed by atoms with E-state index in [4.69, 9.17) is 0 Å².